The maximum atomic E-state index is 5.20. The molecule has 19 heavy (non-hydrogen) atoms. The molecule has 0 amide bonds. The van der Waals surface area contributed by atoms with Gasteiger partial charge >= 0.3 is 0 Å². The summed E-state index contributed by atoms with van der Waals surface area (Å²) in [5.41, 5.74) is 7.92. The first-order valence-electron chi connectivity index (χ1n) is 6.24. The van der Waals surface area contributed by atoms with Crippen LogP contribution in [0.5, 0.6) is 0 Å². The van der Waals surface area contributed by atoms with Crippen molar-refractivity contribution in [3.05, 3.63) is 29.8 Å². The summed E-state index contributed by atoms with van der Waals surface area (Å²) in [4.78, 5) is 0. The molecular formula is C13H20N4S2. The van der Waals surface area contributed by atoms with Crippen molar-refractivity contribution in [3.8, 4) is 0 Å². The van der Waals surface area contributed by atoms with E-state index in [1.165, 1.54) is 5.56 Å². The Morgan fingerprint density at radius 2 is 1.74 bits per heavy atom. The molecule has 0 atom stereocenters. The van der Waals surface area contributed by atoms with Crippen molar-refractivity contribution in [2.75, 3.05) is 5.32 Å². The average molecular weight is 296 g/mol. The molecule has 0 saturated carbocycles. The van der Waals surface area contributed by atoms with Crippen molar-refractivity contribution in [2.24, 2.45) is 0 Å². The summed E-state index contributed by atoms with van der Waals surface area (Å²) in [7, 11) is 0. The van der Waals surface area contributed by atoms with E-state index in [9.17, 15) is 0 Å². The molecule has 104 valence electrons. The molecule has 0 bridgehead atoms. The van der Waals surface area contributed by atoms with E-state index in [-0.39, 0.29) is 6.04 Å². The van der Waals surface area contributed by atoms with Crippen molar-refractivity contribution >= 4 is 40.3 Å². The van der Waals surface area contributed by atoms with Crippen LogP contribution in [0.1, 0.15) is 26.3 Å². The molecule has 1 rings (SSSR count). The normalized spacial score (nSPS) is 9.89. The highest BCUT2D eigenvalue weighted by Gasteiger charge is 2.03. The Kier molecular flexibility index (Phi) is 6.52. The van der Waals surface area contributed by atoms with E-state index in [2.05, 4.69) is 34.5 Å². The molecule has 0 unspecified atom stereocenters. The van der Waals surface area contributed by atoms with Gasteiger partial charge in [-0.2, -0.15) is 0 Å². The molecule has 0 aliphatic carbocycles. The maximum absolute atomic E-state index is 5.20. The van der Waals surface area contributed by atoms with Gasteiger partial charge in [-0.1, -0.05) is 25.1 Å². The van der Waals surface area contributed by atoms with Crippen LogP contribution < -0.4 is 21.5 Å². The summed E-state index contributed by atoms with van der Waals surface area (Å²) >= 11 is 10.3. The largest absolute Gasteiger partial charge is 0.359 e. The number of aryl methyl sites for hydroxylation is 1. The minimum atomic E-state index is 0.282. The van der Waals surface area contributed by atoms with E-state index in [0.29, 0.717) is 10.2 Å². The van der Waals surface area contributed by atoms with E-state index in [0.717, 1.165) is 12.1 Å². The summed E-state index contributed by atoms with van der Waals surface area (Å²) < 4.78 is 0. The van der Waals surface area contributed by atoms with Gasteiger partial charge in [-0.15, -0.1) is 0 Å². The van der Waals surface area contributed by atoms with Crippen LogP contribution in [-0.2, 0) is 6.42 Å². The lowest BCUT2D eigenvalue weighted by atomic mass is 10.1. The predicted octanol–water partition coefficient (Wildman–Crippen LogP) is 2.32. The third kappa shape index (κ3) is 5.85. The van der Waals surface area contributed by atoms with Gasteiger partial charge in [0.15, 0.2) is 10.2 Å². The molecule has 0 spiro atoms. The first kappa shape index (κ1) is 15.7. The van der Waals surface area contributed by atoms with Crippen molar-refractivity contribution in [3.63, 3.8) is 0 Å². The number of rotatable bonds is 3. The number of hydrazine groups is 1. The van der Waals surface area contributed by atoms with Crippen molar-refractivity contribution in [1.82, 2.24) is 16.2 Å². The first-order valence-corrected chi connectivity index (χ1v) is 7.06. The van der Waals surface area contributed by atoms with Crippen LogP contribution in [0.25, 0.3) is 0 Å². The molecule has 6 heteroatoms. The van der Waals surface area contributed by atoms with Gasteiger partial charge in [0, 0.05) is 11.7 Å². The summed E-state index contributed by atoms with van der Waals surface area (Å²) in [6.45, 7) is 6.14. The zero-order valence-corrected chi connectivity index (χ0v) is 13.0. The highest BCUT2D eigenvalue weighted by molar-refractivity contribution is 7.80. The third-order valence-corrected chi connectivity index (χ3v) is 2.78. The second kappa shape index (κ2) is 7.91. The van der Waals surface area contributed by atoms with E-state index >= 15 is 0 Å². The standard InChI is InChI=1S/C13H20N4S2/c1-4-10-7-5-6-8-11(10)15-13(19)17-16-12(18)14-9(2)3/h5-9H,4H2,1-3H3,(H2,14,16,18)(H2,15,17,19). The molecule has 1 aromatic rings. The molecule has 0 saturated heterocycles. The third-order valence-electron chi connectivity index (χ3n) is 2.36. The number of thiocarbonyl (C=S) groups is 2. The van der Waals surface area contributed by atoms with Gasteiger partial charge < -0.3 is 10.6 Å². The minimum absolute atomic E-state index is 0.282. The fraction of sp³-hybridized carbons (Fsp3) is 0.385. The van der Waals surface area contributed by atoms with Gasteiger partial charge in [0.2, 0.25) is 0 Å². The van der Waals surface area contributed by atoms with Crippen molar-refractivity contribution in [2.45, 2.75) is 33.2 Å². The number of anilines is 1. The Labute approximate surface area is 125 Å². The van der Waals surface area contributed by atoms with E-state index < -0.39 is 0 Å². The van der Waals surface area contributed by atoms with Crippen molar-refractivity contribution < 1.29 is 0 Å². The molecule has 4 nitrogen and oxygen atoms in total. The molecule has 4 N–H and O–H groups in total. The molecule has 1 aromatic carbocycles. The average Bonchev–Trinajstić information content (AvgIpc) is 2.36. The van der Waals surface area contributed by atoms with Gasteiger partial charge in [0.1, 0.15) is 0 Å². The monoisotopic (exact) mass is 296 g/mol. The second-order valence-corrected chi connectivity index (χ2v) is 5.16. The van der Waals surface area contributed by atoms with Crippen LogP contribution in [0.2, 0.25) is 0 Å². The van der Waals surface area contributed by atoms with Gasteiger partial charge in [-0.25, -0.2) is 0 Å². The van der Waals surface area contributed by atoms with Crippen LogP contribution >= 0.6 is 24.4 Å². The molecule has 0 radical (unpaired) electrons. The summed E-state index contributed by atoms with van der Waals surface area (Å²) in [6, 6.07) is 8.34. The van der Waals surface area contributed by atoms with Crippen LogP contribution in [0.4, 0.5) is 5.69 Å². The Bertz CT molecular complexity index is 446. The van der Waals surface area contributed by atoms with E-state index in [1.54, 1.807) is 0 Å². The molecule has 0 fully saturated rings. The summed E-state index contributed by atoms with van der Waals surface area (Å²) in [5, 5.41) is 7.19. The van der Waals surface area contributed by atoms with Crippen LogP contribution in [0.15, 0.2) is 24.3 Å². The number of hydrogen-bond acceptors (Lipinski definition) is 2. The van der Waals surface area contributed by atoms with Crippen LogP contribution in [0, 0.1) is 0 Å². The van der Waals surface area contributed by atoms with Gasteiger partial charge in [0.25, 0.3) is 0 Å². The molecular weight excluding hydrogens is 276 g/mol. The maximum Gasteiger partial charge on any atom is 0.189 e. The van der Waals surface area contributed by atoms with Crippen LogP contribution in [-0.4, -0.2) is 16.3 Å². The molecule has 0 aliphatic rings. The van der Waals surface area contributed by atoms with Gasteiger partial charge in [0.05, 0.1) is 0 Å². The Balaban J connectivity index is 2.45. The summed E-state index contributed by atoms with van der Waals surface area (Å²) in [5.74, 6) is 0. The molecule has 0 heterocycles. The van der Waals surface area contributed by atoms with E-state index in [4.69, 9.17) is 24.4 Å². The zero-order chi connectivity index (χ0) is 14.3. The van der Waals surface area contributed by atoms with Crippen molar-refractivity contribution in [1.29, 1.82) is 0 Å². The van der Waals surface area contributed by atoms with Gasteiger partial charge in [-0.05, 0) is 56.3 Å². The SMILES string of the molecule is CCc1ccccc1NC(=S)NNC(=S)NC(C)C. The first-order chi connectivity index (χ1) is 9.02. The van der Waals surface area contributed by atoms with Crippen LogP contribution in [0.3, 0.4) is 0 Å². The zero-order valence-electron chi connectivity index (χ0n) is 11.4. The molecule has 0 aliphatic heterocycles. The summed E-state index contributed by atoms with van der Waals surface area (Å²) in [6.07, 6.45) is 0.951. The quantitative estimate of drug-likeness (QED) is 0.507. The lowest BCUT2D eigenvalue weighted by Crippen LogP contribution is -2.49. The topological polar surface area (TPSA) is 48.1 Å². The van der Waals surface area contributed by atoms with Gasteiger partial charge in [-0.3, -0.25) is 10.9 Å². The highest BCUT2D eigenvalue weighted by Crippen LogP contribution is 2.14. The number of hydrogen-bond donors (Lipinski definition) is 4. The molecule has 0 aromatic heterocycles. The lowest BCUT2D eigenvalue weighted by molar-refractivity contribution is 0.705. The minimum Gasteiger partial charge on any atom is -0.359 e. The highest BCUT2D eigenvalue weighted by atomic mass is 32.1. The Morgan fingerprint density at radius 1 is 1.11 bits per heavy atom. The Morgan fingerprint density at radius 3 is 2.37 bits per heavy atom. The van der Waals surface area contributed by atoms with E-state index in [1.807, 2.05) is 32.0 Å². The number of nitrogens with one attached hydrogen (secondary N) is 4. The Hall–Kier alpha value is -1.40. The second-order valence-electron chi connectivity index (χ2n) is 4.34. The lowest BCUT2D eigenvalue weighted by Gasteiger charge is -2.16. The smallest absolute Gasteiger partial charge is 0.189 e. The fourth-order valence-electron chi connectivity index (χ4n) is 1.52. The fourth-order valence-corrected chi connectivity index (χ4v) is 1.96. The number of benzene rings is 1. The number of para-hydroxylation sites is 1. The predicted molar refractivity (Wildman–Crippen MR) is 89.2 cm³/mol.